The smallest absolute Gasteiger partial charge is 0.0454 e. The normalized spacial score (nSPS) is 17.0. The van der Waals surface area contributed by atoms with Crippen LogP contribution in [-0.4, -0.2) is 31.1 Å². The van der Waals surface area contributed by atoms with E-state index in [1.165, 1.54) is 5.56 Å². The van der Waals surface area contributed by atoms with Crippen LogP contribution in [0.15, 0.2) is 22.7 Å². The van der Waals surface area contributed by atoms with Crippen molar-refractivity contribution in [2.24, 2.45) is 5.92 Å². The zero-order chi connectivity index (χ0) is 13.8. The highest BCUT2D eigenvalue weighted by Crippen LogP contribution is 2.34. The van der Waals surface area contributed by atoms with Crippen LogP contribution in [0, 0.1) is 5.92 Å². The maximum atomic E-state index is 6.43. The summed E-state index contributed by atoms with van der Waals surface area (Å²) >= 11 is 10.00. The van der Waals surface area contributed by atoms with Crippen molar-refractivity contribution in [1.29, 1.82) is 0 Å². The Labute approximate surface area is 153 Å². The third-order valence-corrected chi connectivity index (χ3v) is 4.44. The van der Waals surface area contributed by atoms with Crippen LogP contribution in [0.1, 0.15) is 31.9 Å². The lowest BCUT2D eigenvalue weighted by Crippen LogP contribution is -2.45. The first-order chi connectivity index (χ1) is 9.08. The molecule has 0 spiro atoms. The monoisotopic (exact) mass is 416 g/mol. The Balaban J connectivity index is 0.00000200. The second-order valence-corrected chi connectivity index (χ2v) is 6.92. The highest BCUT2D eigenvalue weighted by molar-refractivity contribution is 9.10. The molecule has 2 nitrogen and oxygen atoms in total. The van der Waals surface area contributed by atoms with Gasteiger partial charge in [-0.15, -0.1) is 24.8 Å². The summed E-state index contributed by atoms with van der Waals surface area (Å²) in [6.07, 6.45) is 1.15. The molecule has 2 rings (SSSR count). The number of nitrogens with one attached hydrogen (secondary N) is 1. The fourth-order valence-electron chi connectivity index (χ4n) is 2.68. The molecule has 0 radical (unpaired) electrons. The minimum atomic E-state index is 0. The van der Waals surface area contributed by atoms with Gasteiger partial charge in [0.05, 0.1) is 0 Å². The van der Waals surface area contributed by atoms with Gasteiger partial charge in [-0.1, -0.05) is 41.4 Å². The van der Waals surface area contributed by atoms with E-state index in [2.05, 4.69) is 46.1 Å². The van der Waals surface area contributed by atoms with Gasteiger partial charge >= 0.3 is 0 Å². The van der Waals surface area contributed by atoms with Gasteiger partial charge in [0.1, 0.15) is 0 Å². The molecule has 1 aliphatic rings. The lowest BCUT2D eigenvalue weighted by Gasteiger charge is -2.36. The highest BCUT2D eigenvalue weighted by atomic mass is 79.9. The molecule has 0 aromatic heterocycles. The Kier molecular flexibility index (Phi) is 10.5. The molecule has 1 aliphatic heterocycles. The number of piperazine rings is 1. The summed E-state index contributed by atoms with van der Waals surface area (Å²) < 4.78 is 1.11. The van der Waals surface area contributed by atoms with Gasteiger partial charge in [-0.05, 0) is 36.1 Å². The summed E-state index contributed by atoms with van der Waals surface area (Å²) in [5.41, 5.74) is 1.26. The van der Waals surface area contributed by atoms with Gasteiger partial charge < -0.3 is 5.32 Å². The van der Waals surface area contributed by atoms with E-state index in [1.807, 2.05) is 12.1 Å². The van der Waals surface area contributed by atoms with Crippen molar-refractivity contribution in [3.05, 3.63) is 33.3 Å². The topological polar surface area (TPSA) is 15.3 Å². The second-order valence-electron chi connectivity index (χ2n) is 5.60. The Hall–Kier alpha value is 0.490. The van der Waals surface area contributed by atoms with Crippen molar-refractivity contribution in [1.82, 2.24) is 10.2 Å². The Bertz CT molecular complexity index is 423. The van der Waals surface area contributed by atoms with Crippen molar-refractivity contribution in [2.45, 2.75) is 26.3 Å². The van der Waals surface area contributed by atoms with Crippen LogP contribution < -0.4 is 5.32 Å². The Morgan fingerprint density at radius 1 is 1.24 bits per heavy atom. The third kappa shape index (κ3) is 6.25. The van der Waals surface area contributed by atoms with Crippen LogP contribution in [0.4, 0.5) is 0 Å². The minimum Gasteiger partial charge on any atom is -0.314 e. The quantitative estimate of drug-likeness (QED) is 0.745. The third-order valence-electron chi connectivity index (χ3n) is 3.60. The molecule has 1 N–H and O–H groups in total. The number of halogens is 4. The predicted molar refractivity (Wildman–Crippen MR) is 100 cm³/mol. The molecule has 0 aliphatic carbocycles. The average molecular weight is 419 g/mol. The molecule has 122 valence electrons. The molecule has 0 amide bonds. The van der Waals surface area contributed by atoms with Gasteiger partial charge in [0.2, 0.25) is 0 Å². The van der Waals surface area contributed by atoms with Crippen molar-refractivity contribution < 1.29 is 0 Å². The molecule has 21 heavy (non-hydrogen) atoms. The SMILES string of the molecule is CC(C)C[C@@H](c1cc(Br)ccc1Cl)N1CCNCC1.Cl.Cl. The molecule has 0 saturated carbocycles. The van der Waals surface area contributed by atoms with E-state index in [-0.39, 0.29) is 24.8 Å². The fraction of sp³-hybridized carbons (Fsp3) is 0.600. The van der Waals surface area contributed by atoms with Crippen LogP contribution >= 0.6 is 52.3 Å². The molecular formula is C15H24BrCl3N2. The fourth-order valence-corrected chi connectivity index (χ4v) is 3.31. The number of benzene rings is 1. The zero-order valence-electron chi connectivity index (χ0n) is 12.4. The first-order valence-electron chi connectivity index (χ1n) is 6.97. The van der Waals surface area contributed by atoms with E-state index in [9.17, 15) is 0 Å². The first kappa shape index (κ1) is 21.5. The van der Waals surface area contributed by atoms with E-state index in [4.69, 9.17) is 11.6 Å². The first-order valence-corrected chi connectivity index (χ1v) is 8.14. The largest absolute Gasteiger partial charge is 0.314 e. The molecule has 1 atom stereocenters. The van der Waals surface area contributed by atoms with Crippen molar-refractivity contribution in [2.75, 3.05) is 26.2 Å². The molecule has 1 aromatic rings. The van der Waals surface area contributed by atoms with Crippen LogP contribution in [-0.2, 0) is 0 Å². The standard InChI is InChI=1S/C15H22BrClN2.2ClH/c1-11(2)9-15(19-7-5-18-6-8-19)13-10-12(16)3-4-14(13)17;;/h3-4,10-11,15,18H,5-9H2,1-2H3;2*1H/t15-;;/m0../s1. The van der Waals surface area contributed by atoms with Gasteiger partial charge in [-0.25, -0.2) is 0 Å². The summed E-state index contributed by atoms with van der Waals surface area (Å²) in [6.45, 7) is 8.89. The maximum absolute atomic E-state index is 6.43. The Morgan fingerprint density at radius 3 is 2.43 bits per heavy atom. The van der Waals surface area contributed by atoms with Gasteiger partial charge in [0, 0.05) is 41.7 Å². The molecule has 1 heterocycles. The summed E-state index contributed by atoms with van der Waals surface area (Å²) in [5, 5.41) is 4.30. The number of hydrogen-bond acceptors (Lipinski definition) is 2. The molecular weight excluding hydrogens is 394 g/mol. The lowest BCUT2D eigenvalue weighted by atomic mass is 9.95. The Morgan fingerprint density at radius 2 is 1.86 bits per heavy atom. The van der Waals surface area contributed by atoms with Gasteiger partial charge in [0.25, 0.3) is 0 Å². The van der Waals surface area contributed by atoms with E-state index >= 15 is 0 Å². The summed E-state index contributed by atoms with van der Waals surface area (Å²) in [4.78, 5) is 2.56. The van der Waals surface area contributed by atoms with Gasteiger partial charge in [0.15, 0.2) is 0 Å². The maximum Gasteiger partial charge on any atom is 0.0454 e. The molecule has 1 fully saturated rings. The molecule has 0 bridgehead atoms. The second kappa shape index (κ2) is 10.3. The van der Waals surface area contributed by atoms with Gasteiger partial charge in [-0.3, -0.25) is 4.90 Å². The number of nitrogens with zero attached hydrogens (tertiary/aromatic N) is 1. The van der Waals surface area contributed by atoms with Gasteiger partial charge in [-0.2, -0.15) is 0 Å². The van der Waals surface area contributed by atoms with Crippen LogP contribution in [0.25, 0.3) is 0 Å². The van der Waals surface area contributed by atoms with Crippen molar-refractivity contribution in [3.8, 4) is 0 Å². The minimum absolute atomic E-state index is 0. The molecule has 1 aromatic carbocycles. The molecule has 0 unspecified atom stereocenters. The molecule has 6 heteroatoms. The lowest BCUT2D eigenvalue weighted by molar-refractivity contribution is 0.154. The van der Waals surface area contributed by atoms with E-state index in [0.29, 0.717) is 12.0 Å². The molecule has 1 saturated heterocycles. The average Bonchev–Trinajstić information content (AvgIpc) is 2.40. The number of hydrogen-bond donors (Lipinski definition) is 1. The van der Waals surface area contributed by atoms with E-state index in [0.717, 1.165) is 42.1 Å². The predicted octanol–water partition coefficient (Wildman–Crippen LogP) is 4.94. The summed E-state index contributed by atoms with van der Waals surface area (Å²) in [6, 6.07) is 6.61. The number of rotatable bonds is 4. The highest BCUT2D eigenvalue weighted by Gasteiger charge is 2.24. The van der Waals surface area contributed by atoms with Crippen LogP contribution in [0.2, 0.25) is 5.02 Å². The van der Waals surface area contributed by atoms with Crippen LogP contribution in [0.3, 0.4) is 0 Å². The van der Waals surface area contributed by atoms with E-state index < -0.39 is 0 Å². The summed E-state index contributed by atoms with van der Waals surface area (Å²) in [7, 11) is 0. The van der Waals surface area contributed by atoms with Crippen LogP contribution in [0.5, 0.6) is 0 Å². The zero-order valence-corrected chi connectivity index (χ0v) is 16.4. The summed E-state index contributed by atoms with van der Waals surface area (Å²) in [5.74, 6) is 0.662. The van der Waals surface area contributed by atoms with Crippen molar-refractivity contribution in [3.63, 3.8) is 0 Å². The van der Waals surface area contributed by atoms with E-state index in [1.54, 1.807) is 0 Å². The van der Waals surface area contributed by atoms with Crippen molar-refractivity contribution >= 4 is 52.3 Å².